The predicted octanol–water partition coefficient (Wildman–Crippen LogP) is 5.78. The van der Waals surface area contributed by atoms with Gasteiger partial charge in [-0.1, -0.05) is 74.6 Å². The lowest BCUT2D eigenvalue weighted by molar-refractivity contribution is 0.306. The van der Waals surface area contributed by atoms with Crippen molar-refractivity contribution >= 4 is 0 Å². The number of rotatable bonds is 6. The molecule has 3 rings (SSSR count). The third-order valence-electron chi connectivity index (χ3n) is 4.74. The van der Waals surface area contributed by atoms with E-state index in [-0.39, 0.29) is 0 Å². The van der Waals surface area contributed by atoms with Gasteiger partial charge < -0.3 is 4.74 Å². The minimum Gasteiger partial charge on any atom is -0.489 e. The van der Waals surface area contributed by atoms with Gasteiger partial charge in [0.15, 0.2) is 0 Å². The van der Waals surface area contributed by atoms with Crippen molar-refractivity contribution in [2.24, 2.45) is 5.92 Å². The van der Waals surface area contributed by atoms with Crippen molar-refractivity contribution in [1.29, 1.82) is 0 Å². The fourth-order valence-electron chi connectivity index (χ4n) is 3.33. The van der Waals surface area contributed by atoms with Crippen LogP contribution in [-0.4, -0.2) is 0 Å². The molecule has 1 nitrogen and oxygen atoms in total. The molecule has 1 fully saturated rings. The fourth-order valence-corrected chi connectivity index (χ4v) is 3.33. The third-order valence-corrected chi connectivity index (χ3v) is 4.74. The van der Waals surface area contributed by atoms with E-state index in [0.717, 1.165) is 11.7 Å². The van der Waals surface area contributed by atoms with Crippen LogP contribution in [0.4, 0.5) is 0 Å². The van der Waals surface area contributed by atoms with E-state index in [2.05, 4.69) is 24.3 Å². The highest BCUT2D eigenvalue weighted by Crippen LogP contribution is 2.27. The van der Waals surface area contributed by atoms with E-state index in [0.29, 0.717) is 6.61 Å². The zero-order valence-corrected chi connectivity index (χ0v) is 13.3. The van der Waals surface area contributed by atoms with Crippen LogP contribution in [0.3, 0.4) is 0 Å². The van der Waals surface area contributed by atoms with E-state index in [1.165, 1.54) is 56.1 Å². The summed E-state index contributed by atoms with van der Waals surface area (Å²) in [4.78, 5) is 0. The van der Waals surface area contributed by atoms with Crippen LogP contribution in [0, 0.1) is 5.92 Å². The van der Waals surface area contributed by atoms with Gasteiger partial charge in [0.05, 0.1) is 0 Å². The molecule has 2 aromatic rings. The summed E-state index contributed by atoms with van der Waals surface area (Å²) >= 11 is 0. The molecule has 0 spiro atoms. The Morgan fingerprint density at radius 3 is 2.18 bits per heavy atom. The summed E-state index contributed by atoms with van der Waals surface area (Å²) in [6.45, 7) is 0.646. The Morgan fingerprint density at radius 1 is 0.773 bits per heavy atom. The number of hydrogen-bond donors (Lipinski definition) is 0. The van der Waals surface area contributed by atoms with E-state index in [9.17, 15) is 0 Å². The van der Waals surface area contributed by atoms with E-state index in [1.807, 2.05) is 30.3 Å². The van der Waals surface area contributed by atoms with Crippen LogP contribution in [0.15, 0.2) is 54.6 Å². The first-order chi connectivity index (χ1) is 10.9. The monoisotopic (exact) mass is 294 g/mol. The summed E-state index contributed by atoms with van der Waals surface area (Å²) in [6, 6.07) is 19.0. The topological polar surface area (TPSA) is 9.23 Å². The van der Waals surface area contributed by atoms with Crippen LogP contribution in [0.5, 0.6) is 5.75 Å². The number of ether oxygens (including phenoxy) is 1. The largest absolute Gasteiger partial charge is 0.489 e. The molecule has 1 saturated carbocycles. The van der Waals surface area contributed by atoms with Gasteiger partial charge in [-0.05, 0) is 42.0 Å². The first-order valence-electron chi connectivity index (χ1n) is 8.66. The lowest BCUT2D eigenvalue weighted by Gasteiger charge is -2.21. The van der Waals surface area contributed by atoms with Crippen molar-refractivity contribution in [3.8, 4) is 5.75 Å². The minimum absolute atomic E-state index is 0.646. The van der Waals surface area contributed by atoms with E-state index < -0.39 is 0 Å². The molecule has 116 valence electrons. The summed E-state index contributed by atoms with van der Waals surface area (Å²) in [5, 5.41) is 0. The molecule has 1 heteroatoms. The molecule has 0 radical (unpaired) electrons. The van der Waals surface area contributed by atoms with Crippen molar-refractivity contribution in [3.05, 3.63) is 65.7 Å². The predicted molar refractivity (Wildman–Crippen MR) is 92.1 cm³/mol. The van der Waals surface area contributed by atoms with Crippen molar-refractivity contribution in [3.63, 3.8) is 0 Å². The molecule has 0 amide bonds. The quantitative estimate of drug-likeness (QED) is 0.656. The normalized spacial score (nSPS) is 15.6. The molecule has 0 unspecified atom stereocenters. The number of para-hydroxylation sites is 1. The Balaban J connectivity index is 1.45. The molecule has 0 N–H and O–H groups in total. The Morgan fingerprint density at radius 2 is 1.45 bits per heavy atom. The molecule has 0 aliphatic heterocycles. The van der Waals surface area contributed by atoms with Crippen molar-refractivity contribution in [1.82, 2.24) is 0 Å². The average molecular weight is 294 g/mol. The summed E-state index contributed by atoms with van der Waals surface area (Å²) in [6.07, 6.45) is 9.82. The zero-order valence-electron chi connectivity index (χ0n) is 13.3. The van der Waals surface area contributed by atoms with Crippen LogP contribution < -0.4 is 4.74 Å². The second-order valence-corrected chi connectivity index (χ2v) is 6.46. The maximum absolute atomic E-state index is 5.79. The van der Waals surface area contributed by atoms with E-state index >= 15 is 0 Å². The van der Waals surface area contributed by atoms with Gasteiger partial charge in [-0.15, -0.1) is 0 Å². The Kier molecular flexibility index (Phi) is 5.53. The van der Waals surface area contributed by atoms with Crippen LogP contribution in [0.1, 0.15) is 49.7 Å². The number of hydrogen-bond acceptors (Lipinski definition) is 1. The highest BCUT2D eigenvalue weighted by Gasteiger charge is 2.12. The highest BCUT2D eigenvalue weighted by atomic mass is 16.5. The van der Waals surface area contributed by atoms with Gasteiger partial charge in [-0.25, -0.2) is 0 Å². The van der Waals surface area contributed by atoms with Gasteiger partial charge in [-0.2, -0.15) is 0 Å². The first kappa shape index (κ1) is 15.1. The van der Waals surface area contributed by atoms with E-state index in [4.69, 9.17) is 4.74 Å². The molecule has 2 aromatic carbocycles. The fraction of sp³-hybridized carbons (Fsp3) is 0.429. The Hall–Kier alpha value is -1.76. The maximum atomic E-state index is 5.79. The molecule has 0 bridgehead atoms. The van der Waals surface area contributed by atoms with Crippen LogP contribution >= 0.6 is 0 Å². The molecule has 0 heterocycles. The summed E-state index contributed by atoms with van der Waals surface area (Å²) in [5.74, 6) is 1.90. The Bertz CT molecular complexity index is 538. The Labute approximate surface area is 134 Å². The number of aryl methyl sites for hydroxylation is 1. The van der Waals surface area contributed by atoms with Gasteiger partial charge in [0, 0.05) is 0 Å². The molecule has 1 aliphatic rings. The molecule has 0 atom stereocenters. The maximum Gasteiger partial charge on any atom is 0.119 e. The minimum atomic E-state index is 0.646. The molecule has 22 heavy (non-hydrogen) atoms. The van der Waals surface area contributed by atoms with Crippen molar-refractivity contribution in [2.75, 3.05) is 0 Å². The standard InChI is InChI=1S/C21H26O/c1-3-7-18(8-4-1)11-12-19-13-15-20(16-14-19)17-22-21-9-5-2-6-10-21/h2,5-6,9-10,13-16,18H,1,3-4,7-8,11-12,17H2. The van der Waals surface area contributed by atoms with Crippen molar-refractivity contribution < 1.29 is 4.74 Å². The third kappa shape index (κ3) is 4.62. The molecular weight excluding hydrogens is 268 g/mol. The van der Waals surface area contributed by atoms with Crippen molar-refractivity contribution in [2.45, 2.75) is 51.6 Å². The van der Waals surface area contributed by atoms with Gasteiger partial charge in [0.25, 0.3) is 0 Å². The SMILES string of the molecule is c1ccc(OCc2ccc(CCC3CCCCC3)cc2)cc1. The molecular formula is C21H26O. The molecule has 1 aliphatic carbocycles. The average Bonchev–Trinajstić information content (AvgIpc) is 2.61. The van der Waals surface area contributed by atoms with Gasteiger partial charge in [0.2, 0.25) is 0 Å². The van der Waals surface area contributed by atoms with Crippen LogP contribution in [0.2, 0.25) is 0 Å². The first-order valence-corrected chi connectivity index (χ1v) is 8.66. The highest BCUT2D eigenvalue weighted by molar-refractivity contribution is 5.24. The van der Waals surface area contributed by atoms with E-state index in [1.54, 1.807) is 0 Å². The smallest absolute Gasteiger partial charge is 0.119 e. The summed E-state index contributed by atoms with van der Waals surface area (Å²) < 4.78 is 5.79. The van der Waals surface area contributed by atoms with Crippen LogP contribution in [-0.2, 0) is 13.0 Å². The van der Waals surface area contributed by atoms with Gasteiger partial charge in [0.1, 0.15) is 12.4 Å². The van der Waals surface area contributed by atoms with Crippen LogP contribution in [0.25, 0.3) is 0 Å². The summed E-state index contributed by atoms with van der Waals surface area (Å²) in [5.41, 5.74) is 2.71. The lowest BCUT2D eigenvalue weighted by atomic mass is 9.85. The second-order valence-electron chi connectivity index (χ2n) is 6.46. The molecule has 0 aromatic heterocycles. The van der Waals surface area contributed by atoms with Gasteiger partial charge in [-0.3, -0.25) is 0 Å². The number of benzene rings is 2. The lowest BCUT2D eigenvalue weighted by Crippen LogP contribution is -2.07. The molecule has 0 saturated heterocycles. The van der Waals surface area contributed by atoms with Gasteiger partial charge >= 0.3 is 0 Å². The summed E-state index contributed by atoms with van der Waals surface area (Å²) in [7, 11) is 0. The second kappa shape index (κ2) is 8.03. The zero-order chi connectivity index (χ0) is 15.0.